The molecule has 1 aromatic carbocycles. The molecular formula is C23H25F6NO. The fraction of sp³-hybridized carbons (Fsp3) is 0.478. The molecule has 3 rings (SSSR count). The van der Waals surface area contributed by atoms with E-state index in [2.05, 4.69) is 0 Å². The Labute approximate surface area is 177 Å². The number of nitrogens with two attached hydrogens (primary N) is 1. The molecule has 0 spiro atoms. The highest BCUT2D eigenvalue weighted by Crippen LogP contribution is 2.49. The molecule has 1 fully saturated rings. The molecule has 2 nitrogen and oxygen atoms in total. The summed E-state index contributed by atoms with van der Waals surface area (Å²) in [5.41, 5.74) is 5.17. The van der Waals surface area contributed by atoms with Crippen LogP contribution in [0, 0.1) is 5.92 Å². The summed E-state index contributed by atoms with van der Waals surface area (Å²) in [6.07, 6.45) is -6.54. The van der Waals surface area contributed by atoms with E-state index in [1.807, 2.05) is 37.3 Å². The van der Waals surface area contributed by atoms with Crippen molar-refractivity contribution in [2.24, 2.45) is 11.7 Å². The number of allylic oxidation sites excluding steroid dienone is 4. The van der Waals surface area contributed by atoms with E-state index in [-0.39, 0.29) is 29.2 Å². The number of hydrogen-bond donors (Lipinski definition) is 1. The largest absolute Gasteiger partial charge is 0.416 e. The van der Waals surface area contributed by atoms with E-state index in [1.165, 1.54) is 6.92 Å². The SMILES string of the molecule is CC(OCC1(c2ccccc2)CC(C)(N)C1)C1=CC(C(F)(F)F)=CC(C(F)(F)F)C=C1. The average Bonchev–Trinajstić information content (AvgIpc) is 2.88. The van der Waals surface area contributed by atoms with Crippen LogP contribution >= 0.6 is 0 Å². The minimum atomic E-state index is -4.90. The fourth-order valence-corrected chi connectivity index (χ4v) is 4.43. The zero-order chi connectivity index (χ0) is 23.1. The summed E-state index contributed by atoms with van der Waals surface area (Å²) in [7, 11) is 0. The van der Waals surface area contributed by atoms with Gasteiger partial charge in [-0.25, -0.2) is 0 Å². The topological polar surface area (TPSA) is 35.2 Å². The first-order valence-corrected chi connectivity index (χ1v) is 9.93. The van der Waals surface area contributed by atoms with Crippen LogP contribution in [-0.4, -0.2) is 30.6 Å². The summed E-state index contributed by atoms with van der Waals surface area (Å²) in [4.78, 5) is 0. The van der Waals surface area contributed by atoms with Crippen LogP contribution in [-0.2, 0) is 10.2 Å². The van der Waals surface area contributed by atoms with Gasteiger partial charge in [-0.05, 0) is 43.9 Å². The van der Waals surface area contributed by atoms with E-state index in [9.17, 15) is 26.3 Å². The second-order valence-corrected chi connectivity index (χ2v) is 8.80. The van der Waals surface area contributed by atoms with Crippen LogP contribution in [0.2, 0.25) is 0 Å². The number of alkyl halides is 6. The molecule has 1 aromatic rings. The number of benzene rings is 1. The van der Waals surface area contributed by atoms with Crippen molar-refractivity contribution < 1.29 is 31.1 Å². The summed E-state index contributed by atoms with van der Waals surface area (Å²) in [5, 5.41) is 0. The molecule has 2 aliphatic rings. The van der Waals surface area contributed by atoms with Gasteiger partial charge < -0.3 is 10.5 Å². The van der Waals surface area contributed by atoms with Gasteiger partial charge in [0, 0.05) is 11.0 Å². The Morgan fingerprint density at radius 2 is 1.71 bits per heavy atom. The Morgan fingerprint density at radius 3 is 2.23 bits per heavy atom. The quantitative estimate of drug-likeness (QED) is 0.564. The second kappa shape index (κ2) is 8.13. The lowest BCUT2D eigenvalue weighted by Crippen LogP contribution is -2.60. The second-order valence-electron chi connectivity index (χ2n) is 8.80. The summed E-state index contributed by atoms with van der Waals surface area (Å²) in [6, 6.07) is 9.56. The van der Waals surface area contributed by atoms with Crippen LogP contribution in [0.4, 0.5) is 26.3 Å². The Balaban J connectivity index is 1.81. The normalized spacial score (nSPS) is 30.2. The zero-order valence-electron chi connectivity index (χ0n) is 17.2. The highest BCUT2D eigenvalue weighted by Gasteiger charge is 2.51. The van der Waals surface area contributed by atoms with E-state index in [1.54, 1.807) is 0 Å². The summed E-state index contributed by atoms with van der Waals surface area (Å²) >= 11 is 0. The van der Waals surface area contributed by atoms with Crippen molar-refractivity contribution >= 4 is 0 Å². The third-order valence-corrected chi connectivity index (χ3v) is 5.83. The van der Waals surface area contributed by atoms with Gasteiger partial charge in [0.2, 0.25) is 0 Å². The monoisotopic (exact) mass is 445 g/mol. The van der Waals surface area contributed by atoms with Crippen molar-refractivity contribution in [1.29, 1.82) is 0 Å². The molecule has 0 bridgehead atoms. The number of hydrogen-bond acceptors (Lipinski definition) is 2. The summed E-state index contributed by atoms with van der Waals surface area (Å²) < 4.78 is 85.1. The van der Waals surface area contributed by atoms with E-state index in [4.69, 9.17) is 10.5 Å². The molecule has 0 radical (unpaired) electrons. The van der Waals surface area contributed by atoms with Crippen LogP contribution in [0.25, 0.3) is 0 Å². The van der Waals surface area contributed by atoms with Gasteiger partial charge in [-0.3, -0.25) is 0 Å². The molecule has 0 saturated heterocycles. The van der Waals surface area contributed by atoms with E-state index >= 15 is 0 Å². The molecular weight excluding hydrogens is 420 g/mol. The van der Waals surface area contributed by atoms with Crippen molar-refractivity contribution in [3.8, 4) is 0 Å². The third kappa shape index (κ3) is 5.41. The van der Waals surface area contributed by atoms with Crippen LogP contribution in [0.15, 0.2) is 65.8 Å². The first-order chi connectivity index (χ1) is 14.2. The third-order valence-electron chi connectivity index (χ3n) is 5.83. The van der Waals surface area contributed by atoms with Gasteiger partial charge in [-0.15, -0.1) is 0 Å². The molecule has 0 amide bonds. The number of halogens is 6. The number of rotatable bonds is 5. The highest BCUT2D eigenvalue weighted by atomic mass is 19.4. The van der Waals surface area contributed by atoms with Gasteiger partial charge in [0.1, 0.15) is 0 Å². The molecule has 31 heavy (non-hydrogen) atoms. The Morgan fingerprint density at radius 1 is 1.10 bits per heavy atom. The standard InChI is InChI=1S/C23H25F6NO/c1-15(16-8-9-18(22(24,25)26)11-19(10-16)23(27,28)29)31-14-21(12-20(2,30)13-21)17-6-4-3-5-7-17/h3-11,15,18H,12-14,30H2,1-2H3. The first kappa shape index (κ1) is 23.6. The molecule has 170 valence electrons. The molecule has 2 N–H and O–H groups in total. The average molecular weight is 445 g/mol. The maximum atomic E-state index is 13.3. The molecule has 0 heterocycles. The fourth-order valence-electron chi connectivity index (χ4n) is 4.43. The van der Waals surface area contributed by atoms with Crippen molar-refractivity contribution in [2.45, 2.75) is 56.1 Å². The summed E-state index contributed by atoms with van der Waals surface area (Å²) in [6.45, 7) is 3.66. The van der Waals surface area contributed by atoms with Crippen LogP contribution in [0.1, 0.15) is 32.3 Å². The maximum Gasteiger partial charge on any atom is 0.416 e. The molecule has 1 saturated carbocycles. The van der Waals surface area contributed by atoms with E-state index in [0.29, 0.717) is 12.8 Å². The zero-order valence-corrected chi connectivity index (χ0v) is 17.2. The van der Waals surface area contributed by atoms with Gasteiger partial charge in [-0.1, -0.05) is 48.6 Å². The van der Waals surface area contributed by atoms with E-state index in [0.717, 1.165) is 23.8 Å². The predicted molar refractivity (Wildman–Crippen MR) is 106 cm³/mol. The Bertz CT molecular complexity index is 872. The number of ether oxygens (including phenoxy) is 1. The van der Waals surface area contributed by atoms with E-state index < -0.39 is 29.9 Å². The van der Waals surface area contributed by atoms with Crippen LogP contribution in [0.3, 0.4) is 0 Å². The minimum absolute atomic E-state index is 0.0355. The Hall–Kier alpha value is -2.06. The van der Waals surface area contributed by atoms with Crippen molar-refractivity contribution in [1.82, 2.24) is 0 Å². The van der Waals surface area contributed by atoms with Gasteiger partial charge in [-0.2, -0.15) is 26.3 Å². The molecule has 2 atom stereocenters. The van der Waals surface area contributed by atoms with Gasteiger partial charge in [0.15, 0.2) is 0 Å². The molecule has 2 unspecified atom stereocenters. The van der Waals surface area contributed by atoms with Gasteiger partial charge in [0.25, 0.3) is 0 Å². The highest BCUT2D eigenvalue weighted by molar-refractivity contribution is 5.40. The molecule has 2 aliphatic carbocycles. The van der Waals surface area contributed by atoms with Gasteiger partial charge >= 0.3 is 12.4 Å². The minimum Gasteiger partial charge on any atom is -0.373 e. The van der Waals surface area contributed by atoms with Crippen molar-refractivity contribution in [3.63, 3.8) is 0 Å². The van der Waals surface area contributed by atoms with Crippen LogP contribution < -0.4 is 5.73 Å². The van der Waals surface area contributed by atoms with Crippen molar-refractivity contribution in [2.75, 3.05) is 6.61 Å². The van der Waals surface area contributed by atoms with Gasteiger partial charge in [0.05, 0.1) is 24.2 Å². The predicted octanol–water partition coefficient (Wildman–Crippen LogP) is 6.00. The molecule has 8 heteroatoms. The smallest absolute Gasteiger partial charge is 0.373 e. The molecule has 0 aromatic heterocycles. The lowest BCUT2D eigenvalue weighted by Gasteiger charge is -2.53. The van der Waals surface area contributed by atoms with Crippen molar-refractivity contribution in [3.05, 3.63) is 71.3 Å². The molecule has 0 aliphatic heterocycles. The lowest BCUT2D eigenvalue weighted by atomic mass is 9.56. The maximum absolute atomic E-state index is 13.3. The van der Waals surface area contributed by atoms with Crippen LogP contribution in [0.5, 0.6) is 0 Å². The Kier molecular flexibility index (Phi) is 6.19. The lowest BCUT2D eigenvalue weighted by molar-refractivity contribution is -0.149. The first-order valence-electron chi connectivity index (χ1n) is 9.93. The summed E-state index contributed by atoms with van der Waals surface area (Å²) in [5.74, 6) is -2.31.